The SMILES string of the molecule is CCOc1ccc(NC(=O)C(C)OC(=O)C2CC(=O)N(c3ccc(OCC)cc3)C2)cc1. The molecule has 1 heterocycles. The predicted molar refractivity (Wildman–Crippen MR) is 120 cm³/mol. The lowest BCUT2D eigenvalue weighted by molar-refractivity contribution is -0.157. The Hall–Kier alpha value is -3.55. The minimum absolute atomic E-state index is 0.0409. The monoisotopic (exact) mass is 440 g/mol. The van der Waals surface area contributed by atoms with Crippen molar-refractivity contribution in [2.24, 2.45) is 5.92 Å². The van der Waals surface area contributed by atoms with Crippen molar-refractivity contribution in [3.63, 3.8) is 0 Å². The Balaban J connectivity index is 1.53. The minimum Gasteiger partial charge on any atom is -0.494 e. The zero-order chi connectivity index (χ0) is 23.1. The predicted octanol–water partition coefficient (Wildman–Crippen LogP) is 3.41. The summed E-state index contributed by atoms with van der Waals surface area (Å²) < 4.78 is 16.1. The first-order chi connectivity index (χ1) is 15.4. The lowest BCUT2D eigenvalue weighted by atomic mass is 10.1. The van der Waals surface area contributed by atoms with Crippen molar-refractivity contribution in [2.75, 3.05) is 30.0 Å². The van der Waals surface area contributed by atoms with Gasteiger partial charge >= 0.3 is 5.97 Å². The van der Waals surface area contributed by atoms with Crippen LogP contribution in [-0.2, 0) is 19.1 Å². The maximum absolute atomic E-state index is 12.6. The summed E-state index contributed by atoms with van der Waals surface area (Å²) in [5.74, 6) is -0.395. The van der Waals surface area contributed by atoms with E-state index in [9.17, 15) is 14.4 Å². The van der Waals surface area contributed by atoms with Gasteiger partial charge < -0.3 is 24.4 Å². The number of carbonyl (C=O) groups is 3. The molecule has 32 heavy (non-hydrogen) atoms. The molecule has 2 amide bonds. The number of nitrogens with zero attached hydrogens (tertiary/aromatic N) is 1. The van der Waals surface area contributed by atoms with E-state index in [4.69, 9.17) is 14.2 Å². The molecule has 1 aliphatic rings. The van der Waals surface area contributed by atoms with Gasteiger partial charge in [-0.15, -0.1) is 0 Å². The molecule has 0 bridgehead atoms. The van der Waals surface area contributed by atoms with Crippen molar-refractivity contribution >= 4 is 29.2 Å². The molecular formula is C24H28N2O6. The Bertz CT molecular complexity index is 942. The van der Waals surface area contributed by atoms with Gasteiger partial charge in [-0.3, -0.25) is 14.4 Å². The van der Waals surface area contributed by atoms with Crippen molar-refractivity contribution < 1.29 is 28.6 Å². The number of hydrogen-bond donors (Lipinski definition) is 1. The van der Waals surface area contributed by atoms with Crippen LogP contribution in [0.25, 0.3) is 0 Å². The summed E-state index contributed by atoms with van der Waals surface area (Å²) in [4.78, 5) is 39.0. The summed E-state index contributed by atoms with van der Waals surface area (Å²) in [5.41, 5.74) is 1.26. The fourth-order valence-corrected chi connectivity index (χ4v) is 3.37. The Labute approximate surface area is 187 Å². The van der Waals surface area contributed by atoms with Gasteiger partial charge in [0.2, 0.25) is 5.91 Å². The van der Waals surface area contributed by atoms with E-state index in [1.165, 1.54) is 6.92 Å². The number of esters is 1. The summed E-state index contributed by atoms with van der Waals surface area (Å²) in [7, 11) is 0. The number of carbonyl (C=O) groups excluding carboxylic acids is 3. The molecule has 0 radical (unpaired) electrons. The molecule has 2 aromatic carbocycles. The normalized spacial score (nSPS) is 16.4. The molecule has 8 heteroatoms. The van der Waals surface area contributed by atoms with E-state index in [0.717, 1.165) is 0 Å². The lowest BCUT2D eigenvalue weighted by Gasteiger charge is -2.18. The van der Waals surface area contributed by atoms with Crippen LogP contribution in [0.1, 0.15) is 27.2 Å². The Morgan fingerprint density at radius 1 is 1.00 bits per heavy atom. The third kappa shape index (κ3) is 5.78. The number of nitrogens with one attached hydrogen (secondary N) is 1. The highest BCUT2D eigenvalue weighted by Gasteiger charge is 2.37. The summed E-state index contributed by atoms with van der Waals surface area (Å²) >= 11 is 0. The van der Waals surface area contributed by atoms with Gasteiger partial charge in [0.05, 0.1) is 19.1 Å². The average molecular weight is 440 g/mol. The molecular weight excluding hydrogens is 412 g/mol. The van der Waals surface area contributed by atoms with Gasteiger partial charge in [-0.25, -0.2) is 0 Å². The van der Waals surface area contributed by atoms with Crippen LogP contribution in [0.5, 0.6) is 11.5 Å². The van der Waals surface area contributed by atoms with Crippen LogP contribution in [0, 0.1) is 5.92 Å². The van der Waals surface area contributed by atoms with Crippen LogP contribution >= 0.6 is 0 Å². The van der Waals surface area contributed by atoms with E-state index < -0.39 is 23.9 Å². The van der Waals surface area contributed by atoms with Gasteiger partial charge in [0.1, 0.15) is 11.5 Å². The lowest BCUT2D eigenvalue weighted by Crippen LogP contribution is -2.33. The highest BCUT2D eigenvalue weighted by Crippen LogP contribution is 2.28. The van der Waals surface area contributed by atoms with E-state index in [1.54, 1.807) is 53.4 Å². The molecule has 1 N–H and O–H groups in total. The molecule has 0 aliphatic carbocycles. The number of ether oxygens (including phenoxy) is 3. The molecule has 1 fully saturated rings. The number of hydrogen-bond acceptors (Lipinski definition) is 6. The maximum Gasteiger partial charge on any atom is 0.312 e. The molecule has 2 atom stereocenters. The van der Waals surface area contributed by atoms with E-state index >= 15 is 0 Å². The summed E-state index contributed by atoms with van der Waals surface area (Å²) in [6.45, 7) is 6.61. The quantitative estimate of drug-likeness (QED) is 0.601. The van der Waals surface area contributed by atoms with Crippen LogP contribution < -0.4 is 19.7 Å². The molecule has 0 aromatic heterocycles. The van der Waals surface area contributed by atoms with Gasteiger partial charge in [-0.1, -0.05) is 0 Å². The van der Waals surface area contributed by atoms with Crippen molar-refractivity contribution in [1.82, 2.24) is 0 Å². The average Bonchev–Trinajstić information content (AvgIpc) is 3.18. The molecule has 1 aliphatic heterocycles. The van der Waals surface area contributed by atoms with Gasteiger partial charge in [-0.2, -0.15) is 0 Å². The largest absolute Gasteiger partial charge is 0.494 e. The maximum atomic E-state index is 12.6. The highest BCUT2D eigenvalue weighted by molar-refractivity contribution is 6.00. The number of anilines is 2. The second-order valence-corrected chi connectivity index (χ2v) is 7.36. The van der Waals surface area contributed by atoms with Crippen LogP contribution in [0.3, 0.4) is 0 Å². The zero-order valence-corrected chi connectivity index (χ0v) is 18.5. The topological polar surface area (TPSA) is 94.2 Å². The van der Waals surface area contributed by atoms with Gasteiger partial charge in [-0.05, 0) is 69.3 Å². The summed E-state index contributed by atoms with van der Waals surface area (Å²) in [5, 5.41) is 2.71. The van der Waals surface area contributed by atoms with Crippen molar-refractivity contribution in [3.05, 3.63) is 48.5 Å². The first kappa shape index (κ1) is 23.1. The second-order valence-electron chi connectivity index (χ2n) is 7.36. The molecule has 0 saturated carbocycles. The van der Waals surface area contributed by atoms with Crippen molar-refractivity contribution in [2.45, 2.75) is 33.3 Å². The first-order valence-corrected chi connectivity index (χ1v) is 10.7. The Morgan fingerprint density at radius 2 is 1.56 bits per heavy atom. The molecule has 2 unspecified atom stereocenters. The molecule has 1 saturated heterocycles. The van der Waals surface area contributed by atoms with Crippen LogP contribution in [0.2, 0.25) is 0 Å². The number of amides is 2. The van der Waals surface area contributed by atoms with E-state index in [2.05, 4.69) is 5.32 Å². The Kier molecular flexibility index (Phi) is 7.70. The Morgan fingerprint density at radius 3 is 2.12 bits per heavy atom. The molecule has 8 nitrogen and oxygen atoms in total. The number of benzene rings is 2. The molecule has 0 spiro atoms. The smallest absolute Gasteiger partial charge is 0.312 e. The van der Waals surface area contributed by atoms with Crippen LogP contribution in [0.4, 0.5) is 11.4 Å². The molecule has 3 rings (SSSR count). The highest BCUT2D eigenvalue weighted by atomic mass is 16.5. The fourth-order valence-electron chi connectivity index (χ4n) is 3.37. The van der Waals surface area contributed by atoms with Gasteiger partial charge in [0.25, 0.3) is 5.91 Å². The zero-order valence-electron chi connectivity index (χ0n) is 18.5. The van der Waals surface area contributed by atoms with Gasteiger partial charge in [0.15, 0.2) is 6.10 Å². The van der Waals surface area contributed by atoms with Crippen LogP contribution in [0.15, 0.2) is 48.5 Å². The molecule has 170 valence electrons. The third-order valence-electron chi connectivity index (χ3n) is 5.01. The minimum atomic E-state index is -0.997. The standard InChI is InChI=1S/C24H28N2O6/c1-4-30-20-10-6-18(7-11-20)25-23(28)16(3)32-24(29)17-14-22(27)26(15-17)19-8-12-21(13-9-19)31-5-2/h6-13,16-17H,4-5,14-15H2,1-3H3,(H,25,28). The second kappa shape index (κ2) is 10.7. The third-order valence-corrected chi connectivity index (χ3v) is 5.01. The first-order valence-electron chi connectivity index (χ1n) is 10.7. The summed E-state index contributed by atoms with van der Waals surface area (Å²) in [6.07, 6.45) is -0.956. The van der Waals surface area contributed by atoms with Gasteiger partial charge in [0, 0.05) is 24.3 Å². The number of rotatable bonds is 9. The fraction of sp³-hybridized carbons (Fsp3) is 0.375. The van der Waals surface area contributed by atoms with E-state index in [-0.39, 0.29) is 18.9 Å². The van der Waals surface area contributed by atoms with Crippen LogP contribution in [-0.4, -0.2) is 43.6 Å². The van der Waals surface area contributed by atoms with E-state index in [0.29, 0.717) is 36.1 Å². The van der Waals surface area contributed by atoms with E-state index in [1.807, 2.05) is 13.8 Å². The summed E-state index contributed by atoms with van der Waals surface area (Å²) in [6, 6.07) is 14.0. The van der Waals surface area contributed by atoms with Crippen molar-refractivity contribution in [1.29, 1.82) is 0 Å². The molecule has 2 aromatic rings. The van der Waals surface area contributed by atoms with Crippen molar-refractivity contribution in [3.8, 4) is 11.5 Å².